The summed E-state index contributed by atoms with van der Waals surface area (Å²) in [6, 6.07) is -0.619. The van der Waals surface area contributed by atoms with Crippen molar-refractivity contribution < 1.29 is 19.1 Å². The number of methoxy groups -OCH3 is 1. The number of likely N-dealkylation sites (tertiary alicyclic amines) is 1. The molecule has 0 saturated carbocycles. The summed E-state index contributed by atoms with van der Waals surface area (Å²) in [4.78, 5) is 36.3. The first-order valence-electron chi connectivity index (χ1n) is 7.92. The summed E-state index contributed by atoms with van der Waals surface area (Å²) in [7, 11) is 1.30. The molecule has 2 N–H and O–H groups in total. The van der Waals surface area contributed by atoms with Crippen molar-refractivity contribution in [2.45, 2.75) is 51.5 Å². The molecule has 1 saturated heterocycles. The van der Waals surface area contributed by atoms with Crippen LogP contribution in [0.25, 0.3) is 0 Å². The van der Waals surface area contributed by atoms with Crippen molar-refractivity contribution in [3.63, 3.8) is 0 Å². The van der Waals surface area contributed by atoms with Crippen LogP contribution in [0.15, 0.2) is 0 Å². The first-order valence-corrected chi connectivity index (χ1v) is 7.92. The third-order valence-electron chi connectivity index (χ3n) is 3.70. The van der Waals surface area contributed by atoms with Gasteiger partial charge in [0, 0.05) is 26.6 Å². The summed E-state index contributed by atoms with van der Waals surface area (Å²) in [6.45, 7) is 3.61. The molecule has 0 aliphatic carbocycles. The minimum atomic E-state index is -0.611. The Morgan fingerprint density at radius 2 is 1.82 bits per heavy atom. The van der Waals surface area contributed by atoms with Crippen molar-refractivity contribution in [3.05, 3.63) is 0 Å². The van der Waals surface area contributed by atoms with Crippen LogP contribution in [0, 0.1) is 0 Å². The number of ether oxygens (including phenoxy) is 1. The molecular weight excluding hydrogens is 286 g/mol. The number of unbranched alkanes of at least 4 members (excludes halogenated alkanes) is 1. The number of nitrogens with zero attached hydrogens (tertiary/aromatic N) is 1. The number of urea groups is 1. The van der Waals surface area contributed by atoms with E-state index in [0.717, 1.165) is 38.8 Å². The number of hydrogen-bond donors (Lipinski definition) is 2. The maximum Gasteiger partial charge on any atom is 0.328 e. The van der Waals surface area contributed by atoms with Crippen LogP contribution in [0.4, 0.5) is 4.79 Å². The molecule has 0 bridgehead atoms. The van der Waals surface area contributed by atoms with E-state index >= 15 is 0 Å². The quantitative estimate of drug-likeness (QED) is 0.543. The smallest absolute Gasteiger partial charge is 0.328 e. The molecule has 7 nitrogen and oxygen atoms in total. The van der Waals surface area contributed by atoms with Gasteiger partial charge in [0.1, 0.15) is 6.04 Å². The molecule has 1 fully saturated rings. The Morgan fingerprint density at radius 1 is 1.14 bits per heavy atom. The third kappa shape index (κ3) is 6.78. The molecule has 0 aromatic heterocycles. The molecule has 126 valence electrons. The minimum Gasteiger partial charge on any atom is -0.467 e. The predicted octanol–water partition coefficient (Wildman–Crippen LogP) is 1.03. The monoisotopic (exact) mass is 313 g/mol. The number of nitrogens with one attached hydrogen (secondary N) is 2. The molecule has 1 aliphatic rings. The molecule has 0 spiro atoms. The largest absolute Gasteiger partial charge is 0.467 e. The van der Waals surface area contributed by atoms with Crippen LogP contribution in [0.5, 0.6) is 0 Å². The van der Waals surface area contributed by atoms with Gasteiger partial charge in [-0.25, -0.2) is 9.59 Å². The molecule has 3 amide bonds. The van der Waals surface area contributed by atoms with E-state index < -0.39 is 12.0 Å². The topological polar surface area (TPSA) is 87.7 Å². The highest BCUT2D eigenvalue weighted by Gasteiger charge is 2.19. The van der Waals surface area contributed by atoms with Gasteiger partial charge < -0.3 is 20.3 Å². The molecule has 1 aliphatic heterocycles. The maximum absolute atomic E-state index is 11.9. The van der Waals surface area contributed by atoms with E-state index in [-0.39, 0.29) is 11.9 Å². The second kappa shape index (κ2) is 10.0. The van der Waals surface area contributed by atoms with E-state index in [1.165, 1.54) is 20.5 Å². The Balaban J connectivity index is 2.18. The van der Waals surface area contributed by atoms with Gasteiger partial charge in [-0.2, -0.15) is 0 Å². The molecule has 1 unspecified atom stereocenters. The zero-order valence-corrected chi connectivity index (χ0v) is 13.5. The average Bonchev–Trinajstić information content (AvgIpc) is 2.53. The van der Waals surface area contributed by atoms with Crippen LogP contribution in [-0.2, 0) is 14.3 Å². The first-order chi connectivity index (χ1) is 10.5. The SMILES string of the molecule is COC(=O)C(CCCCNC(=O)N1CCCCC1)NC(C)=O. The van der Waals surface area contributed by atoms with Gasteiger partial charge in [0.05, 0.1) is 7.11 Å². The number of piperidine rings is 1. The van der Waals surface area contributed by atoms with Crippen molar-refractivity contribution in [1.29, 1.82) is 0 Å². The molecule has 0 radical (unpaired) electrons. The lowest BCUT2D eigenvalue weighted by Gasteiger charge is -2.26. The number of amides is 3. The Bertz CT molecular complexity index is 381. The number of esters is 1. The predicted molar refractivity (Wildman–Crippen MR) is 82.3 cm³/mol. The van der Waals surface area contributed by atoms with E-state index in [1.54, 1.807) is 0 Å². The van der Waals surface area contributed by atoms with E-state index in [0.29, 0.717) is 13.0 Å². The molecule has 1 heterocycles. The third-order valence-corrected chi connectivity index (χ3v) is 3.70. The molecular formula is C15H27N3O4. The average molecular weight is 313 g/mol. The molecule has 1 rings (SSSR count). The maximum atomic E-state index is 11.9. The van der Waals surface area contributed by atoms with E-state index in [1.807, 2.05) is 4.90 Å². The highest BCUT2D eigenvalue weighted by molar-refractivity contribution is 5.83. The number of hydrogen-bond acceptors (Lipinski definition) is 4. The van der Waals surface area contributed by atoms with Gasteiger partial charge in [-0.3, -0.25) is 4.79 Å². The van der Waals surface area contributed by atoms with E-state index in [2.05, 4.69) is 15.4 Å². The fourth-order valence-electron chi connectivity index (χ4n) is 2.51. The van der Waals surface area contributed by atoms with Crippen molar-refractivity contribution in [1.82, 2.24) is 15.5 Å². The van der Waals surface area contributed by atoms with Crippen LogP contribution in [0.3, 0.4) is 0 Å². The summed E-state index contributed by atoms with van der Waals surface area (Å²) in [5, 5.41) is 5.47. The van der Waals surface area contributed by atoms with Gasteiger partial charge >= 0.3 is 12.0 Å². The van der Waals surface area contributed by atoms with Crippen molar-refractivity contribution in [2.75, 3.05) is 26.7 Å². The van der Waals surface area contributed by atoms with Crippen LogP contribution in [-0.4, -0.2) is 55.6 Å². The lowest BCUT2D eigenvalue weighted by molar-refractivity contribution is -0.145. The Hall–Kier alpha value is -1.79. The van der Waals surface area contributed by atoms with Gasteiger partial charge in [0.25, 0.3) is 0 Å². The summed E-state index contributed by atoms with van der Waals surface area (Å²) >= 11 is 0. The van der Waals surface area contributed by atoms with E-state index in [4.69, 9.17) is 0 Å². The molecule has 0 aromatic carbocycles. The normalized spacial score (nSPS) is 15.8. The fourth-order valence-corrected chi connectivity index (χ4v) is 2.51. The number of carbonyl (C=O) groups excluding carboxylic acids is 3. The summed E-state index contributed by atoms with van der Waals surface area (Å²) in [5.41, 5.74) is 0. The van der Waals surface area contributed by atoms with Gasteiger partial charge in [-0.15, -0.1) is 0 Å². The fraction of sp³-hybridized carbons (Fsp3) is 0.800. The molecule has 22 heavy (non-hydrogen) atoms. The highest BCUT2D eigenvalue weighted by atomic mass is 16.5. The molecule has 0 aromatic rings. The van der Waals surface area contributed by atoms with Gasteiger partial charge in [0.2, 0.25) is 5.91 Å². The summed E-state index contributed by atoms with van der Waals surface area (Å²) in [5.74, 6) is -0.693. The van der Waals surface area contributed by atoms with Crippen molar-refractivity contribution in [3.8, 4) is 0 Å². The van der Waals surface area contributed by atoms with Crippen LogP contribution in [0.2, 0.25) is 0 Å². The van der Waals surface area contributed by atoms with Crippen LogP contribution in [0.1, 0.15) is 45.4 Å². The Labute approximate surface area is 131 Å². The lowest BCUT2D eigenvalue weighted by atomic mass is 10.1. The van der Waals surface area contributed by atoms with Crippen LogP contribution < -0.4 is 10.6 Å². The first kappa shape index (κ1) is 18.3. The molecule has 7 heteroatoms. The second-order valence-corrected chi connectivity index (χ2v) is 5.55. The standard InChI is InChI=1S/C15H27N3O4/c1-12(19)17-13(14(20)22-2)8-4-5-9-16-15(21)18-10-6-3-7-11-18/h13H,3-11H2,1-2H3,(H,16,21)(H,17,19). The van der Waals surface area contributed by atoms with Crippen LogP contribution >= 0.6 is 0 Å². The lowest BCUT2D eigenvalue weighted by Crippen LogP contribution is -2.43. The zero-order chi connectivity index (χ0) is 16.4. The molecule has 1 atom stereocenters. The van der Waals surface area contributed by atoms with Crippen molar-refractivity contribution in [2.24, 2.45) is 0 Å². The van der Waals surface area contributed by atoms with Gasteiger partial charge in [-0.05, 0) is 38.5 Å². The number of rotatable bonds is 7. The van der Waals surface area contributed by atoms with Gasteiger partial charge in [0.15, 0.2) is 0 Å². The van der Waals surface area contributed by atoms with Gasteiger partial charge in [-0.1, -0.05) is 0 Å². The summed E-state index contributed by atoms with van der Waals surface area (Å²) in [6.07, 6.45) is 5.33. The second-order valence-electron chi connectivity index (χ2n) is 5.55. The van der Waals surface area contributed by atoms with E-state index in [9.17, 15) is 14.4 Å². The van der Waals surface area contributed by atoms with Crippen molar-refractivity contribution >= 4 is 17.9 Å². The Kier molecular flexibility index (Phi) is 8.32. The number of carbonyl (C=O) groups is 3. The Morgan fingerprint density at radius 3 is 2.41 bits per heavy atom. The highest BCUT2D eigenvalue weighted by Crippen LogP contribution is 2.08. The minimum absolute atomic E-state index is 0.00826. The summed E-state index contributed by atoms with van der Waals surface area (Å²) < 4.78 is 4.66. The zero-order valence-electron chi connectivity index (χ0n) is 13.5.